The summed E-state index contributed by atoms with van der Waals surface area (Å²) < 4.78 is 5.24. The Morgan fingerprint density at radius 2 is 2.05 bits per heavy atom. The topological polar surface area (TPSA) is 93.0 Å². The number of carbonyl (C=O) groups excluding carboxylic acids is 1. The highest BCUT2D eigenvalue weighted by molar-refractivity contribution is 5.91. The fourth-order valence-corrected chi connectivity index (χ4v) is 1.72. The molecule has 0 aliphatic heterocycles. The van der Waals surface area contributed by atoms with Gasteiger partial charge in [-0.25, -0.2) is 4.79 Å². The number of H-pyrrole nitrogens is 1. The van der Waals surface area contributed by atoms with Gasteiger partial charge in [0.1, 0.15) is 11.4 Å². The first kappa shape index (κ1) is 13.9. The molecule has 0 atom stereocenters. The molecule has 2 aromatic rings. The van der Waals surface area contributed by atoms with Crippen LogP contribution in [0.3, 0.4) is 0 Å². The Bertz CT molecular complexity index is 614. The molecule has 0 radical (unpaired) electrons. The van der Waals surface area contributed by atoms with Gasteiger partial charge in [-0.2, -0.15) is 5.10 Å². The van der Waals surface area contributed by atoms with Crippen molar-refractivity contribution in [2.45, 2.75) is 26.4 Å². The summed E-state index contributed by atoms with van der Waals surface area (Å²) in [5.41, 5.74) is 7.21. The Morgan fingerprint density at radius 3 is 2.65 bits per heavy atom. The van der Waals surface area contributed by atoms with Gasteiger partial charge in [-0.1, -0.05) is 18.2 Å². The summed E-state index contributed by atoms with van der Waals surface area (Å²) >= 11 is 0. The van der Waals surface area contributed by atoms with Crippen LogP contribution in [0.5, 0.6) is 0 Å². The Kier molecular flexibility index (Phi) is 3.65. The molecule has 4 N–H and O–H groups in total. The van der Waals surface area contributed by atoms with Gasteiger partial charge < -0.3 is 10.5 Å². The summed E-state index contributed by atoms with van der Waals surface area (Å²) in [5.74, 6) is 0.395. The first-order valence-electron chi connectivity index (χ1n) is 6.25. The van der Waals surface area contributed by atoms with Crippen LogP contribution in [0.4, 0.5) is 16.3 Å². The molecule has 1 aromatic heterocycles. The summed E-state index contributed by atoms with van der Waals surface area (Å²) in [6.45, 7) is 5.44. The minimum Gasteiger partial charge on any atom is -0.444 e. The molecule has 1 aromatic carbocycles. The van der Waals surface area contributed by atoms with Crippen LogP contribution >= 0.6 is 0 Å². The summed E-state index contributed by atoms with van der Waals surface area (Å²) in [4.78, 5) is 11.8. The highest BCUT2D eigenvalue weighted by atomic mass is 16.6. The summed E-state index contributed by atoms with van der Waals surface area (Å²) in [6, 6.07) is 9.05. The van der Waals surface area contributed by atoms with E-state index in [1.165, 1.54) is 0 Å². The zero-order valence-corrected chi connectivity index (χ0v) is 11.7. The van der Waals surface area contributed by atoms with Crippen molar-refractivity contribution in [1.82, 2.24) is 10.2 Å². The van der Waals surface area contributed by atoms with Gasteiger partial charge in [0.25, 0.3) is 0 Å². The molecule has 106 valence electrons. The molecule has 0 aliphatic rings. The van der Waals surface area contributed by atoms with Crippen LogP contribution in [-0.2, 0) is 4.74 Å². The second-order valence-corrected chi connectivity index (χ2v) is 5.38. The lowest BCUT2D eigenvalue weighted by Crippen LogP contribution is -2.27. The fraction of sp³-hybridized carbons (Fsp3) is 0.286. The Hall–Kier alpha value is -2.50. The van der Waals surface area contributed by atoms with E-state index in [1.807, 2.05) is 39.0 Å². The molecule has 2 rings (SSSR count). The van der Waals surface area contributed by atoms with E-state index in [-0.39, 0.29) is 0 Å². The average Bonchev–Trinajstić information content (AvgIpc) is 2.74. The minimum absolute atomic E-state index is 0.395. The van der Waals surface area contributed by atoms with Crippen LogP contribution in [0.2, 0.25) is 0 Å². The predicted molar refractivity (Wildman–Crippen MR) is 78.3 cm³/mol. The van der Waals surface area contributed by atoms with E-state index in [1.54, 1.807) is 12.1 Å². The molecule has 1 amide bonds. The Balaban J connectivity index is 2.23. The summed E-state index contributed by atoms with van der Waals surface area (Å²) in [6.07, 6.45) is -0.502. The van der Waals surface area contributed by atoms with E-state index in [4.69, 9.17) is 10.5 Å². The third-order valence-corrected chi connectivity index (χ3v) is 2.45. The SMILES string of the molecule is CC(C)(C)OC(=O)Nc1ccccc1-c1cc(N)n[nH]1. The van der Waals surface area contributed by atoms with E-state index >= 15 is 0 Å². The number of aromatic nitrogens is 2. The molecular formula is C14H18N4O2. The molecule has 0 unspecified atom stereocenters. The van der Waals surface area contributed by atoms with Gasteiger partial charge in [0.15, 0.2) is 0 Å². The number of ether oxygens (including phenoxy) is 1. The van der Waals surface area contributed by atoms with Crippen LogP contribution in [0.1, 0.15) is 20.8 Å². The number of nitrogen functional groups attached to an aromatic ring is 1. The molecule has 20 heavy (non-hydrogen) atoms. The molecule has 0 bridgehead atoms. The smallest absolute Gasteiger partial charge is 0.412 e. The second-order valence-electron chi connectivity index (χ2n) is 5.38. The lowest BCUT2D eigenvalue weighted by molar-refractivity contribution is 0.0636. The minimum atomic E-state index is -0.544. The number of rotatable bonds is 2. The number of hydrogen-bond donors (Lipinski definition) is 3. The number of benzene rings is 1. The van der Waals surface area contributed by atoms with Crippen LogP contribution < -0.4 is 11.1 Å². The summed E-state index contributed by atoms with van der Waals surface area (Å²) in [5, 5.41) is 9.42. The normalized spacial score (nSPS) is 11.2. The molecule has 0 aliphatic carbocycles. The second kappa shape index (κ2) is 5.24. The van der Waals surface area contributed by atoms with Crippen molar-refractivity contribution in [2.24, 2.45) is 0 Å². The lowest BCUT2D eigenvalue weighted by atomic mass is 10.1. The molecular weight excluding hydrogens is 256 g/mol. The number of aromatic amines is 1. The molecule has 0 saturated heterocycles. The highest BCUT2D eigenvalue weighted by Crippen LogP contribution is 2.27. The molecule has 0 fully saturated rings. The largest absolute Gasteiger partial charge is 0.444 e. The highest BCUT2D eigenvalue weighted by Gasteiger charge is 2.17. The van der Waals surface area contributed by atoms with Crippen molar-refractivity contribution in [3.63, 3.8) is 0 Å². The van der Waals surface area contributed by atoms with E-state index in [9.17, 15) is 4.79 Å². The van der Waals surface area contributed by atoms with Crippen molar-refractivity contribution in [1.29, 1.82) is 0 Å². The number of amides is 1. The fourth-order valence-electron chi connectivity index (χ4n) is 1.72. The maximum atomic E-state index is 11.8. The van der Waals surface area contributed by atoms with Crippen LogP contribution in [0.15, 0.2) is 30.3 Å². The molecule has 6 heteroatoms. The standard InChI is InChI=1S/C14H18N4O2/c1-14(2,3)20-13(19)16-10-7-5-4-6-9(10)11-8-12(15)18-17-11/h4-8H,1-3H3,(H,16,19)(H3,15,17,18). The van der Waals surface area contributed by atoms with Crippen molar-refractivity contribution >= 4 is 17.6 Å². The predicted octanol–water partition coefficient (Wildman–Crippen LogP) is 3.01. The number of para-hydroxylation sites is 1. The number of nitrogens with one attached hydrogen (secondary N) is 2. The summed E-state index contributed by atoms with van der Waals surface area (Å²) in [7, 11) is 0. The van der Waals surface area contributed by atoms with Gasteiger partial charge in [-0.15, -0.1) is 0 Å². The Labute approximate surface area is 117 Å². The zero-order valence-electron chi connectivity index (χ0n) is 11.7. The maximum absolute atomic E-state index is 11.8. The Morgan fingerprint density at radius 1 is 1.35 bits per heavy atom. The van der Waals surface area contributed by atoms with Gasteiger partial charge >= 0.3 is 6.09 Å². The zero-order chi connectivity index (χ0) is 14.8. The van der Waals surface area contributed by atoms with Crippen molar-refractivity contribution in [3.05, 3.63) is 30.3 Å². The first-order valence-corrected chi connectivity index (χ1v) is 6.25. The molecule has 1 heterocycles. The average molecular weight is 274 g/mol. The maximum Gasteiger partial charge on any atom is 0.412 e. The van der Waals surface area contributed by atoms with Crippen molar-refractivity contribution in [2.75, 3.05) is 11.1 Å². The lowest BCUT2D eigenvalue weighted by Gasteiger charge is -2.20. The van der Waals surface area contributed by atoms with Crippen molar-refractivity contribution in [3.8, 4) is 11.3 Å². The van der Waals surface area contributed by atoms with E-state index in [0.717, 1.165) is 11.3 Å². The van der Waals surface area contributed by atoms with Crippen LogP contribution in [0.25, 0.3) is 11.3 Å². The van der Waals surface area contributed by atoms with Gasteiger partial charge in [0, 0.05) is 11.6 Å². The van der Waals surface area contributed by atoms with E-state index in [2.05, 4.69) is 15.5 Å². The van der Waals surface area contributed by atoms with Gasteiger partial charge in [-0.3, -0.25) is 10.4 Å². The van der Waals surface area contributed by atoms with Crippen molar-refractivity contribution < 1.29 is 9.53 Å². The third-order valence-electron chi connectivity index (χ3n) is 2.45. The van der Waals surface area contributed by atoms with Gasteiger partial charge in [-0.05, 0) is 26.8 Å². The van der Waals surface area contributed by atoms with Gasteiger partial charge in [0.05, 0.1) is 11.4 Å². The number of anilines is 2. The van der Waals surface area contributed by atoms with Crippen LogP contribution in [0, 0.1) is 0 Å². The van der Waals surface area contributed by atoms with Crippen LogP contribution in [-0.4, -0.2) is 21.9 Å². The molecule has 0 spiro atoms. The van der Waals surface area contributed by atoms with Gasteiger partial charge in [0.2, 0.25) is 0 Å². The van der Waals surface area contributed by atoms with E-state index < -0.39 is 11.7 Å². The number of hydrogen-bond acceptors (Lipinski definition) is 4. The quantitative estimate of drug-likeness (QED) is 0.784. The first-order chi connectivity index (χ1) is 9.35. The molecule has 6 nitrogen and oxygen atoms in total. The molecule has 0 saturated carbocycles. The number of nitrogens with zero attached hydrogens (tertiary/aromatic N) is 1. The monoisotopic (exact) mass is 274 g/mol. The van der Waals surface area contributed by atoms with E-state index in [0.29, 0.717) is 11.5 Å². The number of nitrogens with two attached hydrogens (primary N) is 1. The number of carbonyl (C=O) groups is 1. The third kappa shape index (κ3) is 3.50.